The van der Waals surface area contributed by atoms with Gasteiger partial charge >= 0.3 is 11.7 Å². The van der Waals surface area contributed by atoms with Crippen LogP contribution in [0.25, 0.3) is 16.9 Å². The number of carbonyl (C=O) groups excluding carboxylic acids is 1. The number of fused-ring (bicyclic) bond motifs is 1. The van der Waals surface area contributed by atoms with Gasteiger partial charge in [-0.1, -0.05) is 50.7 Å². The number of H-pyrrole nitrogens is 2. The minimum Gasteiger partial charge on any atom is -0.308 e. The lowest BCUT2D eigenvalue weighted by Crippen LogP contribution is -2.21. The van der Waals surface area contributed by atoms with E-state index in [0.29, 0.717) is 22.7 Å². The first-order valence-corrected chi connectivity index (χ1v) is 12.2. The minimum absolute atomic E-state index is 0.172. The highest BCUT2D eigenvalue weighted by atomic mass is 32.2. The van der Waals surface area contributed by atoms with E-state index in [2.05, 4.69) is 46.4 Å². The summed E-state index contributed by atoms with van der Waals surface area (Å²) in [5.41, 5.74) is 3.10. The predicted molar refractivity (Wildman–Crippen MR) is 142 cm³/mol. The van der Waals surface area contributed by atoms with Gasteiger partial charge in [-0.25, -0.2) is 19.3 Å². The van der Waals surface area contributed by atoms with E-state index in [-0.39, 0.29) is 17.1 Å². The summed E-state index contributed by atoms with van der Waals surface area (Å²) in [5.74, 6) is 0.581. The number of carbonyl (C=O) groups is 1. The van der Waals surface area contributed by atoms with Gasteiger partial charge in [0.2, 0.25) is 0 Å². The van der Waals surface area contributed by atoms with Crippen molar-refractivity contribution < 1.29 is 4.79 Å². The Bertz CT molecular complexity index is 1580. The molecule has 5 aromatic rings. The molecule has 3 heterocycles. The number of urea groups is 1. The summed E-state index contributed by atoms with van der Waals surface area (Å²) >= 11 is 1.50. The Morgan fingerprint density at radius 2 is 1.72 bits per heavy atom. The molecule has 36 heavy (non-hydrogen) atoms. The van der Waals surface area contributed by atoms with Crippen LogP contribution < -0.4 is 16.3 Å². The van der Waals surface area contributed by atoms with Gasteiger partial charge in [0, 0.05) is 33.2 Å². The maximum Gasteiger partial charge on any atom is 0.325 e. The molecule has 0 unspecified atom stereocenters. The number of anilines is 2. The summed E-state index contributed by atoms with van der Waals surface area (Å²) in [4.78, 5) is 35.9. The Morgan fingerprint density at radius 1 is 0.972 bits per heavy atom. The quantitative estimate of drug-likeness (QED) is 0.253. The average Bonchev–Trinajstić information content (AvgIpc) is 3.44. The third kappa shape index (κ3) is 5.03. The molecule has 3 aromatic heterocycles. The summed E-state index contributed by atoms with van der Waals surface area (Å²) < 4.78 is 1.74. The second-order valence-electron chi connectivity index (χ2n) is 9.23. The molecule has 0 aliphatic carbocycles. The number of pyridine rings is 1. The molecule has 0 bridgehead atoms. The van der Waals surface area contributed by atoms with Crippen LogP contribution >= 0.6 is 11.8 Å². The molecule has 182 valence electrons. The van der Waals surface area contributed by atoms with Crippen molar-refractivity contribution in [2.75, 3.05) is 10.6 Å². The molecule has 9 nitrogen and oxygen atoms in total. The van der Waals surface area contributed by atoms with Crippen LogP contribution in [0.4, 0.5) is 16.3 Å². The Labute approximate surface area is 211 Å². The maximum atomic E-state index is 12.8. The Kier molecular flexibility index (Phi) is 6.11. The van der Waals surface area contributed by atoms with Crippen LogP contribution in [0, 0.1) is 0 Å². The van der Waals surface area contributed by atoms with Crippen molar-refractivity contribution in [2.45, 2.75) is 36.0 Å². The third-order valence-electron chi connectivity index (χ3n) is 5.44. The SMILES string of the molecule is CC(C)(C)c1cc(NC(=O)Nc2ccc(Sc3ccnc4[nH]c(=O)[nH]c34)cc2)n(-c2ccccc2)n1. The summed E-state index contributed by atoms with van der Waals surface area (Å²) in [6.45, 7) is 6.25. The largest absolute Gasteiger partial charge is 0.325 e. The number of imidazole rings is 1. The molecule has 4 N–H and O–H groups in total. The lowest BCUT2D eigenvalue weighted by Gasteiger charge is -2.14. The highest BCUT2D eigenvalue weighted by Crippen LogP contribution is 2.32. The molecule has 10 heteroatoms. The van der Waals surface area contributed by atoms with Gasteiger partial charge < -0.3 is 10.3 Å². The second-order valence-corrected chi connectivity index (χ2v) is 10.3. The number of nitrogens with zero attached hydrogens (tertiary/aromatic N) is 3. The van der Waals surface area contributed by atoms with E-state index in [1.165, 1.54) is 11.8 Å². The van der Waals surface area contributed by atoms with Gasteiger partial charge in [0.25, 0.3) is 0 Å². The van der Waals surface area contributed by atoms with E-state index in [9.17, 15) is 9.59 Å². The van der Waals surface area contributed by atoms with Crippen LogP contribution in [-0.2, 0) is 5.41 Å². The van der Waals surface area contributed by atoms with Crippen molar-refractivity contribution in [2.24, 2.45) is 0 Å². The smallest absolute Gasteiger partial charge is 0.308 e. The fourth-order valence-corrected chi connectivity index (χ4v) is 4.52. The lowest BCUT2D eigenvalue weighted by atomic mass is 9.92. The van der Waals surface area contributed by atoms with Crippen molar-refractivity contribution in [3.63, 3.8) is 0 Å². The van der Waals surface area contributed by atoms with Gasteiger partial charge in [0.15, 0.2) is 5.65 Å². The number of amides is 2. The molecule has 0 saturated carbocycles. The number of rotatable bonds is 5. The average molecular weight is 500 g/mol. The van der Waals surface area contributed by atoms with Crippen molar-refractivity contribution in [1.82, 2.24) is 24.7 Å². The zero-order valence-electron chi connectivity index (χ0n) is 20.0. The molecule has 0 fully saturated rings. The molecular weight excluding hydrogens is 474 g/mol. The van der Waals surface area contributed by atoms with Gasteiger partial charge in [0.1, 0.15) is 5.82 Å². The van der Waals surface area contributed by atoms with Crippen LogP contribution in [0.5, 0.6) is 0 Å². The Morgan fingerprint density at radius 3 is 2.44 bits per heavy atom. The number of para-hydroxylation sites is 1. The van der Waals surface area contributed by atoms with Gasteiger partial charge in [0.05, 0.1) is 16.9 Å². The zero-order chi connectivity index (χ0) is 25.3. The molecule has 5 rings (SSSR count). The standard InChI is InChI=1S/C26H25N7O2S/c1-26(2,3)20-15-21(33(32-20)17-7-5-4-6-8-17)29-24(34)28-16-9-11-18(12-10-16)36-19-13-14-27-23-22(19)30-25(35)31-23/h4-15H,1-3H3,(H2,28,29,34)(H2,27,30,31,35). The fourth-order valence-electron chi connectivity index (χ4n) is 3.61. The number of nitrogens with one attached hydrogen (secondary N) is 4. The third-order valence-corrected chi connectivity index (χ3v) is 6.51. The molecule has 2 aromatic carbocycles. The topological polar surface area (TPSA) is 120 Å². The first kappa shape index (κ1) is 23.4. The molecule has 0 aliphatic heterocycles. The van der Waals surface area contributed by atoms with Gasteiger partial charge in [-0.2, -0.15) is 5.10 Å². The zero-order valence-corrected chi connectivity index (χ0v) is 20.8. The van der Waals surface area contributed by atoms with E-state index in [0.717, 1.165) is 21.2 Å². The van der Waals surface area contributed by atoms with Crippen LogP contribution in [0.2, 0.25) is 0 Å². The maximum absolute atomic E-state index is 12.8. The van der Waals surface area contributed by atoms with Crippen LogP contribution in [0.15, 0.2) is 87.5 Å². The van der Waals surface area contributed by atoms with E-state index in [4.69, 9.17) is 5.10 Å². The summed E-state index contributed by atoms with van der Waals surface area (Å²) in [6, 6.07) is 20.5. The Balaban J connectivity index is 1.30. The number of aromatic amines is 2. The lowest BCUT2D eigenvalue weighted by molar-refractivity contribution is 0.262. The first-order valence-electron chi connectivity index (χ1n) is 11.4. The number of aromatic nitrogens is 5. The molecule has 0 aliphatic rings. The molecular formula is C26H25N7O2S. The monoisotopic (exact) mass is 499 g/mol. The highest BCUT2D eigenvalue weighted by molar-refractivity contribution is 7.99. The van der Waals surface area contributed by atoms with Crippen molar-refractivity contribution in [1.29, 1.82) is 0 Å². The summed E-state index contributed by atoms with van der Waals surface area (Å²) in [5, 5.41) is 10.5. The van der Waals surface area contributed by atoms with Gasteiger partial charge in [-0.3, -0.25) is 10.3 Å². The van der Waals surface area contributed by atoms with E-state index >= 15 is 0 Å². The Hall–Kier alpha value is -4.31. The predicted octanol–water partition coefficient (Wildman–Crippen LogP) is 5.53. The molecule has 0 atom stereocenters. The van der Waals surface area contributed by atoms with Crippen molar-refractivity contribution in [3.05, 3.63) is 89.1 Å². The van der Waals surface area contributed by atoms with E-state index < -0.39 is 0 Å². The van der Waals surface area contributed by atoms with E-state index in [1.807, 2.05) is 66.7 Å². The number of hydrogen-bond donors (Lipinski definition) is 4. The molecule has 0 saturated heterocycles. The number of hydrogen-bond acceptors (Lipinski definition) is 5. The fraction of sp³-hybridized carbons (Fsp3) is 0.154. The molecule has 2 amide bonds. The van der Waals surface area contributed by atoms with Crippen LogP contribution in [-0.4, -0.2) is 30.8 Å². The van der Waals surface area contributed by atoms with Gasteiger partial charge in [-0.15, -0.1) is 0 Å². The van der Waals surface area contributed by atoms with Crippen molar-refractivity contribution in [3.8, 4) is 5.69 Å². The summed E-state index contributed by atoms with van der Waals surface area (Å²) in [6.07, 6.45) is 1.65. The van der Waals surface area contributed by atoms with Gasteiger partial charge in [-0.05, 0) is 42.5 Å². The summed E-state index contributed by atoms with van der Waals surface area (Å²) in [7, 11) is 0. The van der Waals surface area contributed by atoms with E-state index in [1.54, 1.807) is 10.9 Å². The van der Waals surface area contributed by atoms with Crippen LogP contribution in [0.1, 0.15) is 26.5 Å². The minimum atomic E-state index is -0.367. The van der Waals surface area contributed by atoms with Crippen molar-refractivity contribution >= 4 is 40.5 Å². The highest BCUT2D eigenvalue weighted by Gasteiger charge is 2.21. The first-order chi connectivity index (χ1) is 17.3. The molecule has 0 spiro atoms. The van der Waals surface area contributed by atoms with Crippen LogP contribution in [0.3, 0.4) is 0 Å². The normalized spacial score (nSPS) is 11.5. The number of benzene rings is 2. The molecule has 0 radical (unpaired) electrons. The second kappa shape index (κ2) is 9.38.